The van der Waals surface area contributed by atoms with Gasteiger partial charge in [-0.2, -0.15) is 0 Å². The molecule has 0 unspecified atom stereocenters. The molecule has 0 aromatic heterocycles. The van der Waals surface area contributed by atoms with Gasteiger partial charge in [0, 0.05) is 18.7 Å². The number of amides is 2. The van der Waals surface area contributed by atoms with Gasteiger partial charge in [-0.15, -0.1) is 0 Å². The van der Waals surface area contributed by atoms with E-state index in [9.17, 15) is 9.59 Å². The van der Waals surface area contributed by atoms with E-state index in [4.69, 9.17) is 5.11 Å². The first kappa shape index (κ1) is 13.1. The maximum Gasteiger partial charge on any atom is 0.328 e. The molecule has 0 heterocycles. The van der Waals surface area contributed by atoms with Crippen molar-refractivity contribution in [2.45, 2.75) is 25.4 Å². The largest absolute Gasteiger partial charge is 0.478 e. The van der Waals surface area contributed by atoms with Crippen LogP contribution in [0.15, 0.2) is 30.3 Å². The van der Waals surface area contributed by atoms with Gasteiger partial charge < -0.3 is 15.7 Å². The SMILES string of the molecule is O=C(O)/C=C/c1cccc(CNC(=O)NC2CC2)c1. The number of urea groups is 1. The minimum Gasteiger partial charge on any atom is -0.478 e. The van der Waals surface area contributed by atoms with E-state index in [2.05, 4.69) is 10.6 Å². The van der Waals surface area contributed by atoms with Crippen molar-refractivity contribution in [3.63, 3.8) is 0 Å². The summed E-state index contributed by atoms with van der Waals surface area (Å²) < 4.78 is 0. The molecule has 5 nitrogen and oxygen atoms in total. The molecule has 1 aromatic carbocycles. The predicted octanol–water partition coefficient (Wildman–Crippen LogP) is 1.75. The molecular formula is C14H16N2O3. The summed E-state index contributed by atoms with van der Waals surface area (Å²) in [5.74, 6) is -0.979. The van der Waals surface area contributed by atoms with E-state index in [-0.39, 0.29) is 6.03 Å². The number of hydrogen-bond donors (Lipinski definition) is 3. The molecule has 0 saturated heterocycles. The number of aliphatic carboxylic acids is 1. The molecule has 1 fully saturated rings. The van der Waals surface area contributed by atoms with E-state index in [0.29, 0.717) is 12.6 Å². The van der Waals surface area contributed by atoms with Crippen LogP contribution in [0.4, 0.5) is 4.79 Å². The highest BCUT2D eigenvalue weighted by molar-refractivity contribution is 5.85. The highest BCUT2D eigenvalue weighted by Crippen LogP contribution is 2.18. The Bertz CT molecular complexity index is 507. The van der Waals surface area contributed by atoms with Crippen molar-refractivity contribution in [2.24, 2.45) is 0 Å². The molecule has 19 heavy (non-hydrogen) atoms. The number of carboxylic acids is 1. The molecule has 5 heteroatoms. The maximum atomic E-state index is 11.5. The van der Waals surface area contributed by atoms with Crippen LogP contribution in [-0.4, -0.2) is 23.1 Å². The number of carboxylic acid groups (broad SMARTS) is 1. The average Bonchev–Trinajstić information content (AvgIpc) is 3.18. The number of hydrogen-bond acceptors (Lipinski definition) is 2. The molecule has 0 aliphatic heterocycles. The van der Waals surface area contributed by atoms with Crippen molar-refractivity contribution in [3.8, 4) is 0 Å². The summed E-state index contributed by atoms with van der Waals surface area (Å²) in [6.45, 7) is 0.424. The molecular weight excluding hydrogens is 244 g/mol. The maximum absolute atomic E-state index is 11.5. The van der Waals surface area contributed by atoms with E-state index >= 15 is 0 Å². The smallest absolute Gasteiger partial charge is 0.328 e. The fourth-order valence-corrected chi connectivity index (χ4v) is 1.62. The molecule has 1 aliphatic rings. The van der Waals surface area contributed by atoms with Crippen molar-refractivity contribution < 1.29 is 14.7 Å². The summed E-state index contributed by atoms with van der Waals surface area (Å²) in [6, 6.07) is 7.55. The van der Waals surface area contributed by atoms with Crippen molar-refractivity contribution in [2.75, 3.05) is 0 Å². The number of rotatable bonds is 5. The van der Waals surface area contributed by atoms with Gasteiger partial charge in [0.2, 0.25) is 0 Å². The molecule has 0 bridgehead atoms. The lowest BCUT2D eigenvalue weighted by Gasteiger charge is -2.07. The van der Waals surface area contributed by atoms with Gasteiger partial charge in [-0.1, -0.05) is 18.2 Å². The van der Waals surface area contributed by atoms with Crippen molar-refractivity contribution in [1.82, 2.24) is 10.6 Å². The van der Waals surface area contributed by atoms with Gasteiger partial charge in [-0.05, 0) is 36.1 Å². The molecule has 3 N–H and O–H groups in total. The predicted molar refractivity (Wildman–Crippen MR) is 71.5 cm³/mol. The van der Waals surface area contributed by atoms with Crippen LogP contribution in [0.1, 0.15) is 24.0 Å². The number of nitrogens with one attached hydrogen (secondary N) is 2. The molecule has 1 aromatic rings. The molecule has 0 radical (unpaired) electrons. The Morgan fingerprint density at radius 2 is 2.16 bits per heavy atom. The summed E-state index contributed by atoms with van der Waals surface area (Å²) in [7, 11) is 0. The van der Waals surface area contributed by atoms with E-state index < -0.39 is 5.97 Å². The zero-order valence-corrected chi connectivity index (χ0v) is 10.4. The molecule has 1 saturated carbocycles. The molecule has 2 amide bonds. The quantitative estimate of drug-likeness (QED) is 0.706. The summed E-state index contributed by atoms with van der Waals surface area (Å²) in [6.07, 6.45) is 4.73. The molecule has 0 spiro atoms. The summed E-state index contributed by atoms with van der Waals surface area (Å²) in [4.78, 5) is 21.9. The van der Waals surface area contributed by atoms with E-state index in [1.165, 1.54) is 6.08 Å². The van der Waals surface area contributed by atoms with Crippen molar-refractivity contribution in [3.05, 3.63) is 41.5 Å². The molecule has 100 valence electrons. The lowest BCUT2D eigenvalue weighted by Crippen LogP contribution is -2.36. The van der Waals surface area contributed by atoms with Crippen LogP contribution >= 0.6 is 0 Å². The summed E-state index contributed by atoms with van der Waals surface area (Å²) >= 11 is 0. The minimum absolute atomic E-state index is 0.158. The Balaban J connectivity index is 1.87. The van der Waals surface area contributed by atoms with E-state index in [1.54, 1.807) is 0 Å². The van der Waals surface area contributed by atoms with Gasteiger partial charge in [-0.25, -0.2) is 9.59 Å². The van der Waals surface area contributed by atoms with Gasteiger partial charge in [0.05, 0.1) is 0 Å². The van der Waals surface area contributed by atoms with Crippen molar-refractivity contribution >= 4 is 18.1 Å². The van der Waals surface area contributed by atoms with Crippen molar-refractivity contribution in [1.29, 1.82) is 0 Å². The highest BCUT2D eigenvalue weighted by Gasteiger charge is 2.22. The first-order chi connectivity index (χ1) is 9.13. The fourth-order valence-electron chi connectivity index (χ4n) is 1.62. The van der Waals surface area contributed by atoms with Crippen LogP contribution in [-0.2, 0) is 11.3 Å². The second-order valence-corrected chi connectivity index (χ2v) is 4.52. The summed E-state index contributed by atoms with van der Waals surface area (Å²) in [5, 5.41) is 14.2. The Labute approximate surface area is 111 Å². The molecule has 0 atom stereocenters. The Morgan fingerprint density at radius 1 is 1.37 bits per heavy atom. The van der Waals surface area contributed by atoms with Crippen LogP contribution in [0.2, 0.25) is 0 Å². The highest BCUT2D eigenvalue weighted by atomic mass is 16.4. The number of benzene rings is 1. The Kier molecular flexibility index (Phi) is 4.18. The van der Waals surface area contributed by atoms with Gasteiger partial charge in [-0.3, -0.25) is 0 Å². The monoisotopic (exact) mass is 260 g/mol. The Morgan fingerprint density at radius 3 is 2.84 bits per heavy atom. The van der Waals surface area contributed by atoms with Gasteiger partial charge in [0.25, 0.3) is 0 Å². The Hall–Kier alpha value is -2.30. The minimum atomic E-state index is -0.979. The van der Waals surface area contributed by atoms with Crippen LogP contribution in [0.25, 0.3) is 6.08 Å². The third kappa shape index (κ3) is 4.83. The van der Waals surface area contributed by atoms with Gasteiger partial charge in [0.1, 0.15) is 0 Å². The first-order valence-electron chi connectivity index (χ1n) is 6.18. The zero-order chi connectivity index (χ0) is 13.7. The molecule has 1 aliphatic carbocycles. The second kappa shape index (κ2) is 6.04. The number of carbonyl (C=O) groups excluding carboxylic acids is 1. The summed E-state index contributed by atoms with van der Waals surface area (Å²) in [5.41, 5.74) is 1.72. The van der Waals surface area contributed by atoms with E-state index in [0.717, 1.165) is 30.0 Å². The van der Waals surface area contributed by atoms with E-state index in [1.807, 2.05) is 24.3 Å². The second-order valence-electron chi connectivity index (χ2n) is 4.52. The van der Waals surface area contributed by atoms with Crippen LogP contribution in [0.3, 0.4) is 0 Å². The third-order valence-electron chi connectivity index (χ3n) is 2.74. The van der Waals surface area contributed by atoms with Crippen LogP contribution in [0, 0.1) is 0 Å². The third-order valence-corrected chi connectivity index (χ3v) is 2.74. The van der Waals surface area contributed by atoms with Gasteiger partial charge in [0.15, 0.2) is 0 Å². The first-order valence-corrected chi connectivity index (χ1v) is 6.18. The normalized spacial score (nSPS) is 14.3. The lowest BCUT2D eigenvalue weighted by atomic mass is 10.1. The van der Waals surface area contributed by atoms with Gasteiger partial charge >= 0.3 is 12.0 Å². The topological polar surface area (TPSA) is 78.4 Å². The fraction of sp³-hybridized carbons (Fsp3) is 0.286. The average molecular weight is 260 g/mol. The standard InChI is InChI=1S/C14H16N2O3/c17-13(18)7-4-10-2-1-3-11(8-10)9-15-14(19)16-12-5-6-12/h1-4,7-8,12H,5-6,9H2,(H,17,18)(H2,15,16,19)/b7-4+. The van der Waals surface area contributed by atoms with Crippen LogP contribution in [0.5, 0.6) is 0 Å². The molecule has 2 rings (SSSR count). The lowest BCUT2D eigenvalue weighted by molar-refractivity contribution is -0.131. The van der Waals surface area contributed by atoms with Crippen LogP contribution < -0.4 is 10.6 Å². The zero-order valence-electron chi connectivity index (χ0n) is 10.4. The number of carbonyl (C=O) groups is 2.